The van der Waals surface area contributed by atoms with Gasteiger partial charge in [0.25, 0.3) is 0 Å². The van der Waals surface area contributed by atoms with E-state index < -0.39 is 7.82 Å². The van der Waals surface area contributed by atoms with E-state index in [9.17, 15) is 14.4 Å². The van der Waals surface area contributed by atoms with Crippen LogP contribution in [-0.4, -0.2) is 9.79 Å². The van der Waals surface area contributed by atoms with Gasteiger partial charge >= 0.3 is 7.82 Å². The lowest BCUT2D eigenvalue weighted by Crippen LogP contribution is -1.99. The number of rotatable bonds is 5. The van der Waals surface area contributed by atoms with E-state index in [4.69, 9.17) is 4.52 Å². The average Bonchev–Trinajstić information content (AvgIpc) is 2.75. The van der Waals surface area contributed by atoms with E-state index in [-0.39, 0.29) is 5.75 Å². The first-order chi connectivity index (χ1) is 14.4. The zero-order chi connectivity index (χ0) is 21.1. The lowest BCUT2D eigenvalue weighted by atomic mass is 9.86. The molecule has 4 rings (SSSR count). The highest BCUT2D eigenvalue weighted by Crippen LogP contribution is 2.49. The maximum atomic E-state index is 11.8. The van der Waals surface area contributed by atoms with Crippen molar-refractivity contribution in [3.63, 3.8) is 0 Å². The maximum Gasteiger partial charge on any atom is 0.524 e. The number of benzene rings is 4. The fourth-order valence-electron chi connectivity index (χ4n) is 3.73. The van der Waals surface area contributed by atoms with Crippen LogP contribution in [0.5, 0.6) is 5.75 Å². The van der Waals surface area contributed by atoms with E-state index in [1.807, 2.05) is 97.9 Å². The third-order valence-corrected chi connectivity index (χ3v) is 5.41. The second kappa shape index (κ2) is 8.29. The van der Waals surface area contributed by atoms with Crippen LogP contribution < -0.4 is 4.52 Å². The van der Waals surface area contributed by atoms with Crippen LogP contribution in [0.3, 0.4) is 0 Å². The fourth-order valence-corrected chi connectivity index (χ4v) is 4.13. The minimum absolute atomic E-state index is 0.151. The summed E-state index contributed by atoms with van der Waals surface area (Å²) in [4.78, 5) is 19.2. The van der Waals surface area contributed by atoms with Gasteiger partial charge in [-0.2, -0.15) is 0 Å². The SMILES string of the molecule is Cc1c(-c2ccccc2)cc(OP(=O)(O)O)c(-c2ccccc2)c1-c1ccccc1. The van der Waals surface area contributed by atoms with E-state index in [0.717, 1.165) is 33.4 Å². The Morgan fingerprint density at radius 1 is 0.667 bits per heavy atom. The van der Waals surface area contributed by atoms with Crippen molar-refractivity contribution in [2.75, 3.05) is 0 Å². The topological polar surface area (TPSA) is 66.8 Å². The van der Waals surface area contributed by atoms with Gasteiger partial charge in [-0.1, -0.05) is 91.0 Å². The molecule has 30 heavy (non-hydrogen) atoms. The Morgan fingerprint density at radius 3 is 1.57 bits per heavy atom. The van der Waals surface area contributed by atoms with Crippen molar-refractivity contribution in [1.29, 1.82) is 0 Å². The van der Waals surface area contributed by atoms with Crippen molar-refractivity contribution in [1.82, 2.24) is 0 Å². The smallest absolute Gasteiger partial charge is 0.404 e. The predicted octanol–water partition coefficient (Wildman–Crippen LogP) is 6.47. The summed E-state index contributed by atoms with van der Waals surface area (Å²) in [5, 5.41) is 0. The molecule has 0 fully saturated rings. The third kappa shape index (κ3) is 4.22. The number of hydrogen-bond donors (Lipinski definition) is 2. The van der Waals surface area contributed by atoms with Crippen LogP contribution >= 0.6 is 7.82 Å². The molecule has 0 bridgehead atoms. The average molecular weight is 416 g/mol. The van der Waals surface area contributed by atoms with Gasteiger partial charge in [-0.05, 0) is 46.4 Å². The molecule has 4 nitrogen and oxygen atoms in total. The van der Waals surface area contributed by atoms with Crippen LogP contribution in [0.4, 0.5) is 0 Å². The minimum atomic E-state index is -4.77. The molecule has 0 unspecified atom stereocenters. The van der Waals surface area contributed by atoms with Crippen molar-refractivity contribution in [2.45, 2.75) is 6.92 Å². The summed E-state index contributed by atoms with van der Waals surface area (Å²) in [5.74, 6) is 0.151. The first-order valence-electron chi connectivity index (χ1n) is 9.53. The van der Waals surface area contributed by atoms with Gasteiger partial charge in [-0.25, -0.2) is 4.57 Å². The van der Waals surface area contributed by atoms with Gasteiger partial charge in [0.15, 0.2) is 0 Å². The fraction of sp³-hybridized carbons (Fsp3) is 0.0400. The molecule has 0 saturated heterocycles. The van der Waals surface area contributed by atoms with Gasteiger partial charge in [0.1, 0.15) is 5.75 Å². The van der Waals surface area contributed by atoms with Crippen molar-refractivity contribution < 1.29 is 18.9 Å². The van der Waals surface area contributed by atoms with Crippen LogP contribution in [0.15, 0.2) is 97.1 Å². The Hall–Kier alpha value is -3.17. The van der Waals surface area contributed by atoms with E-state index in [1.165, 1.54) is 0 Å². The zero-order valence-electron chi connectivity index (χ0n) is 16.4. The molecular formula is C25H21O4P. The van der Waals surface area contributed by atoms with E-state index in [1.54, 1.807) is 6.07 Å². The molecule has 4 aromatic rings. The Labute approximate surface area is 175 Å². The van der Waals surface area contributed by atoms with Crippen LogP contribution in [0, 0.1) is 6.92 Å². The first kappa shape index (κ1) is 20.1. The summed E-state index contributed by atoms with van der Waals surface area (Å²) in [7, 11) is -4.77. The minimum Gasteiger partial charge on any atom is -0.404 e. The molecule has 4 aromatic carbocycles. The van der Waals surface area contributed by atoms with Crippen LogP contribution in [0.2, 0.25) is 0 Å². The van der Waals surface area contributed by atoms with Gasteiger partial charge in [0, 0.05) is 5.56 Å². The monoisotopic (exact) mass is 416 g/mol. The quantitative estimate of drug-likeness (QED) is 0.366. The largest absolute Gasteiger partial charge is 0.524 e. The Kier molecular flexibility index (Phi) is 5.56. The lowest BCUT2D eigenvalue weighted by Gasteiger charge is -2.22. The molecule has 0 amide bonds. The molecule has 0 spiro atoms. The Morgan fingerprint density at radius 2 is 1.10 bits per heavy atom. The van der Waals surface area contributed by atoms with E-state index in [0.29, 0.717) is 5.56 Å². The molecule has 0 aliphatic rings. The van der Waals surface area contributed by atoms with Crippen molar-refractivity contribution in [2.24, 2.45) is 0 Å². The van der Waals surface area contributed by atoms with Crippen molar-refractivity contribution >= 4 is 7.82 Å². The van der Waals surface area contributed by atoms with Gasteiger partial charge < -0.3 is 4.52 Å². The molecule has 0 heterocycles. The molecular weight excluding hydrogens is 395 g/mol. The second-order valence-electron chi connectivity index (χ2n) is 6.98. The van der Waals surface area contributed by atoms with E-state index >= 15 is 0 Å². The van der Waals surface area contributed by atoms with Crippen LogP contribution in [-0.2, 0) is 4.57 Å². The molecule has 0 saturated carbocycles. The second-order valence-corrected chi connectivity index (χ2v) is 8.14. The summed E-state index contributed by atoms with van der Waals surface area (Å²) in [6.45, 7) is 2.03. The summed E-state index contributed by atoms with van der Waals surface area (Å²) < 4.78 is 17.1. The number of phosphoric ester groups is 1. The van der Waals surface area contributed by atoms with Gasteiger partial charge in [0.2, 0.25) is 0 Å². The van der Waals surface area contributed by atoms with Crippen LogP contribution in [0.25, 0.3) is 33.4 Å². The van der Waals surface area contributed by atoms with Crippen molar-refractivity contribution in [3.8, 4) is 39.1 Å². The molecule has 0 aliphatic heterocycles. The van der Waals surface area contributed by atoms with Crippen molar-refractivity contribution in [3.05, 3.63) is 103 Å². The third-order valence-electron chi connectivity index (χ3n) is 4.98. The van der Waals surface area contributed by atoms with Gasteiger partial charge in [-0.3, -0.25) is 9.79 Å². The summed E-state index contributed by atoms with van der Waals surface area (Å²) in [6.07, 6.45) is 0. The Bertz CT molecular complexity index is 1200. The summed E-state index contributed by atoms with van der Waals surface area (Å²) in [6, 6.07) is 30.8. The normalized spacial score (nSPS) is 11.3. The molecule has 0 aromatic heterocycles. The predicted molar refractivity (Wildman–Crippen MR) is 120 cm³/mol. The molecule has 5 heteroatoms. The molecule has 0 radical (unpaired) electrons. The number of phosphoric acid groups is 1. The molecule has 2 N–H and O–H groups in total. The highest BCUT2D eigenvalue weighted by molar-refractivity contribution is 7.46. The standard InChI is InChI=1S/C25H21O4P/c1-18-22(19-11-5-2-6-12-19)17-23(29-30(26,27)28)25(21-15-9-4-10-16-21)24(18)20-13-7-3-8-14-20/h2-17H,1H3,(H2,26,27,28). The lowest BCUT2D eigenvalue weighted by molar-refractivity contribution is 0.283. The number of hydrogen-bond acceptors (Lipinski definition) is 2. The van der Waals surface area contributed by atoms with Gasteiger partial charge in [0.05, 0.1) is 0 Å². The van der Waals surface area contributed by atoms with E-state index in [2.05, 4.69) is 0 Å². The molecule has 150 valence electrons. The summed E-state index contributed by atoms with van der Waals surface area (Å²) in [5.41, 5.74) is 6.11. The Balaban J connectivity index is 2.11. The molecule has 0 aliphatic carbocycles. The van der Waals surface area contributed by atoms with Gasteiger partial charge in [-0.15, -0.1) is 0 Å². The maximum absolute atomic E-state index is 11.8. The summed E-state index contributed by atoms with van der Waals surface area (Å²) >= 11 is 0. The first-order valence-corrected chi connectivity index (χ1v) is 11.1. The zero-order valence-corrected chi connectivity index (χ0v) is 17.3. The molecule has 0 atom stereocenters. The highest BCUT2D eigenvalue weighted by Gasteiger charge is 2.25. The van der Waals surface area contributed by atoms with Crippen LogP contribution in [0.1, 0.15) is 5.56 Å². The highest BCUT2D eigenvalue weighted by atomic mass is 31.2.